The van der Waals surface area contributed by atoms with Crippen LogP contribution < -0.4 is 9.64 Å². The molecule has 2 fully saturated rings. The molecule has 31 heavy (non-hydrogen) atoms. The summed E-state index contributed by atoms with van der Waals surface area (Å²) in [5, 5.41) is 9.40. The molecule has 1 N–H and O–H groups in total. The van der Waals surface area contributed by atoms with E-state index in [0.717, 1.165) is 51.5 Å². The van der Waals surface area contributed by atoms with Crippen LogP contribution in [0.3, 0.4) is 0 Å². The second kappa shape index (κ2) is 11.0. The highest BCUT2D eigenvalue weighted by Gasteiger charge is 2.17. The smallest absolute Gasteiger partial charge is 0.321 e. The summed E-state index contributed by atoms with van der Waals surface area (Å²) in [5.74, 6) is 1.27. The molecular formula is C21H28N6O4. The Labute approximate surface area is 181 Å². The van der Waals surface area contributed by atoms with Gasteiger partial charge in [0.1, 0.15) is 12.4 Å². The molecule has 10 nitrogen and oxygen atoms in total. The number of morpholine rings is 2. The monoisotopic (exact) mass is 428 g/mol. The van der Waals surface area contributed by atoms with E-state index in [0.29, 0.717) is 44.1 Å². The van der Waals surface area contributed by atoms with Crippen LogP contribution in [0.25, 0.3) is 0 Å². The lowest BCUT2D eigenvalue weighted by atomic mass is 10.2. The maximum absolute atomic E-state index is 9.40. The number of ether oxygens (including phenoxy) is 3. The minimum absolute atomic E-state index is 0.235. The van der Waals surface area contributed by atoms with E-state index in [9.17, 15) is 5.11 Å². The normalized spacial score (nSPS) is 17.9. The average molecular weight is 428 g/mol. The number of aromatic hydroxyl groups is 1. The number of phenols is 1. The van der Waals surface area contributed by atoms with Gasteiger partial charge < -0.3 is 24.2 Å². The molecule has 10 heteroatoms. The zero-order chi connectivity index (χ0) is 21.3. The number of nitrogens with zero attached hydrogens (tertiary/aromatic N) is 6. The Morgan fingerprint density at radius 3 is 2.42 bits per heavy atom. The molecule has 2 aliphatic rings. The topological polar surface area (TPSA) is 105 Å². The molecule has 0 bridgehead atoms. The van der Waals surface area contributed by atoms with Gasteiger partial charge in [-0.1, -0.05) is 12.1 Å². The number of hydrogen-bond acceptors (Lipinski definition) is 10. The molecule has 0 radical (unpaired) electrons. The molecular weight excluding hydrogens is 400 g/mol. The van der Waals surface area contributed by atoms with Crippen molar-refractivity contribution in [2.24, 2.45) is 4.99 Å². The number of aliphatic imine (C=N–C) groups is 1. The SMILES string of the molecule is Oc1ccc(CN=Cc2nc(OCCN3CCOCC3)nc(N3CCOCC3)n2)cc1. The molecule has 0 aliphatic carbocycles. The molecule has 2 aromatic rings. The standard InChI is InChI=1S/C21H28N6O4/c28-18-3-1-17(2-4-18)15-22-16-19-23-20(27-8-12-30-13-9-27)25-21(24-19)31-14-7-26-5-10-29-11-6-26/h1-4,16,28H,5-15H2. The first-order valence-corrected chi connectivity index (χ1v) is 10.6. The van der Waals surface area contributed by atoms with Gasteiger partial charge in [-0.3, -0.25) is 9.89 Å². The summed E-state index contributed by atoms with van der Waals surface area (Å²) in [6.45, 7) is 7.83. The van der Waals surface area contributed by atoms with Crippen molar-refractivity contribution in [1.82, 2.24) is 19.9 Å². The predicted octanol–water partition coefficient (Wildman–Crippen LogP) is 0.744. The number of rotatable bonds is 8. The van der Waals surface area contributed by atoms with Gasteiger partial charge in [0.05, 0.1) is 39.2 Å². The number of aromatic nitrogens is 3. The number of phenolic OH excluding ortho intramolecular Hbond substituents is 1. The number of hydrogen-bond donors (Lipinski definition) is 1. The lowest BCUT2D eigenvalue weighted by Crippen LogP contribution is -2.39. The van der Waals surface area contributed by atoms with Gasteiger partial charge in [0.2, 0.25) is 5.95 Å². The highest BCUT2D eigenvalue weighted by Crippen LogP contribution is 2.14. The van der Waals surface area contributed by atoms with E-state index in [-0.39, 0.29) is 5.75 Å². The molecule has 1 aromatic heterocycles. The Kier molecular flexibility index (Phi) is 7.59. The number of anilines is 1. The van der Waals surface area contributed by atoms with Crippen molar-refractivity contribution in [3.8, 4) is 11.8 Å². The first-order valence-electron chi connectivity index (χ1n) is 10.6. The Hall–Kier alpha value is -2.82. The molecule has 0 amide bonds. The Morgan fingerprint density at radius 2 is 1.68 bits per heavy atom. The van der Waals surface area contributed by atoms with E-state index in [4.69, 9.17) is 14.2 Å². The van der Waals surface area contributed by atoms with Gasteiger partial charge in [-0.05, 0) is 17.7 Å². The van der Waals surface area contributed by atoms with Gasteiger partial charge >= 0.3 is 6.01 Å². The lowest BCUT2D eigenvalue weighted by Gasteiger charge is -2.27. The van der Waals surface area contributed by atoms with E-state index >= 15 is 0 Å². The molecule has 0 spiro atoms. The first kappa shape index (κ1) is 21.4. The van der Waals surface area contributed by atoms with Crippen LogP contribution in [-0.4, -0.2) is 96.9 Å². The van der Waals surface area contributed by atoms with Crippen molar-refractivity contribution in [2.75, 3.05) is 70.7 Å². The van der Waals surface area contributed by atoms with Crippen LogP contribution in [0, 0.1) is 0 Å². The Morgan fingerprint density at radius 1 is 0.968 bits per heavy atom. The molecule has 0 unspecified atom stereocenters. The molecule has 3 heterocycles. The minimum atomic E-state index is 0.235. The van der Waals surface area contributed by atoms with Crippen molar-refractivity contribution in [3.05, 3.63) is 35.7 Å². The maximum Gasteiger partial charge on any atom is 0.321 e. The van der Waals surface area contributed by atoms with Crippen molar-refractivity contribution >= 4 is 12.2 Å². The summed E-state index contributed by atoms with van der Waals surface area (Å²) in [6.07, 6.45) is 1.63. The van der Waals surface area contributed by atoms with Gasteiger partial charge in [-0.2, -0.15) is 15.0 Å². The van der Waals surface area contributed by atoms with Gasteiger partial charge in [0.15, 0.2) is 5.82 Å². The van der Waals surface area contributed by atoms with E-state index in [1.54, 1.807) is 18.3 Å². The van der Waals surface area contributed by atoms with Crippen molar-refractivity contribution in [2.45, 2.75) is 6.54 Å². The third-order valence-electron chi connectivity index (χ3n) is 5.07. The molecule has 166 valence electrons. The van der Waals surface area contributed by atoms with Crippen LogP contribution in [0.5, 0.6) is 11.8 Å². The van der Waals surface area contributed by atoms with Crippen molar-refractivity contribution < 1.29 is 19.3 Å². The van der Waals surface area contributed by atoms with Crippen LogP contribution in [0.15, 0.2) is 29.3 Å². The van der Waals surface area contributed by atoms with Gasteiger partial charge in [-0.15, -0.1) is 0 Å². The van der Waals surface area contributed by atoms with Crippen LogP contribution in [0.1, 0.15) is 11.4 Å². The van der Waals surface area contributed by atoms with Crippen LogP contribution in [-0.2, 0) is 16.0 Å². The van der Waals surface area contributed by atoms with E-state index in [1.165, 1.54) is 0 Å². The zero-order valence-electron chi connectivity index (χ0n) is 17.5. The summed E-state index contributed by atoms with van der Waals surface area (Å²) in [5.41, 5.74) is 0.985. The van der Waals surface area contributed by atoms with Crippen LogP contribution >= 0.6 is 0 Å². The fourth-order valence-electron chi connectivity index (χ4n) is 3.31. The third kappa shape index (κ3) is 6.58. The maximum atomic E-state index is 9.40. The first-order chi connectivity index (χ1) is 15.3. The van der Waals surface area contributed by atoms with Crippen molar-refractivity contribution in [3.63, 3.8) is 0 Å². The Balaban J connectivity index is 1.42. The van der Waals surface area contributed by atoms with Crippen molar-refractivity contribution in [1.29, 1.82) is 0 Å². The zero-order valence-corrected chi connectivity index (χ0v) is 17.5. The summed E-state index contributed by atoms with van der Waals surface area (Å²) >= 11 is 0. The number of benzene rings is 1. The lowest BCUT2D eigenvalue weighted by molar-refractivity contribution is 0.0317. The fourth-order valence-corrected chi connectivity index (χ4v) is 3.31. The second-order valence-electron chi connectivity index (χ2n) is 7.31. The van der Waals surface area contributed by atoms with Crippen LogP contribution in [0.4, 0.5) is 5.95 Å². The molecule has 1 aromatic carbocycles. The third-order valence-corrected chi connectivity index (χ3v) is 5.07. The minimum Gasteiger partial charge on any atom is -0.508 e. The molecule has 0 saturated carbocycles. The second-order valence-corrected chi connectivity index (χ2v) is 7.31. The summed E-state index contributed by atoms with van der Waals surface area (Å²) in [7, 11) is 0. The van der Waals surface area contributed by atoms with Gasteiger partial charge in [0, 0.05) is 32.7 Å². The highest BCUT2D eigenvalue weighted by atomic mass is 16.5. The van der Waals surface area contributed by atoms with Gasteiger partial charge in [-0.25, -0.2) is 0 Å². The fraction of sp³-hybridized carbons (Fsp3) is 0.524. The predicted molar refractivity (Wildman–Crippen MR) is 115 cm³/mol. The molecule has 0 atom stereocenters. The van der Waals surface area contributed by atoms with Crippen LogP contribution in [0.2, 0.25) is 0 Å². The average Bonchev–Trinajstić information content (AvgIpc) is 2.82. The van der Waals surface area contributed by atoms with E-state index < -0.39 is 0 Å². The largest absolute Gasteiger partial charge is 0.508 e. The molecule has 4 rings (SSSR count). The summed E-state index contributed by atoms with van der Waals surface area (Å²) in [4.78, 5) is 22.3. The quantitative estimate of drug-likeness (QED) is 0.610. The molecule has 2 aliphatic heterocycles. The summed E-state index contributed by atoms with van der Waals surface area (Å²) < 4.78 is 16.7. The van der Waals surface area contributed by atoms with Gasteiger partial charge in [0.25, 0.3) is 0 Å². The van der Waals surface area contributed by atoms with E-state index in [1.807, 2.05) is 12.1 Å². The highest BCUT2D eigenvalue weighted by molar-refractivity contribution is 5.75. The molecule has 2 saturated heterocycles. The Bertz CT molecular complexity index is 851. The van der Waals surface area contributed by atoms with E-state index in [2.05, 4.69) is 29.7 Å². The summed E-state index contributed by atoms with van der Waals surface area (Å²) in [6, 6.07) is 7.25.